The molecule has 19 heavy (non-hydrogen) atoms. The molecule has 0 saturated heterocycles. The van der Waals surface area contributed by atoms with Gasteiger partial charge in [-0.1, -0.05) is 18.5 Å². The zero-order chi connectivity index (χ0) is 14.6. The van der Waals surface area contributed by atoms with E-state index >= 15 is 0 Å². The predicted molar refractivity (Wildman–Crippen MR) is 66.7 cm³/mol. The molecule has 1 rings (SSSR count). The number of amides is 1. The van der Waals surface area contributed by atoms with Gasteiger partial charge in [0.2, 0.25) is 5.78 Å². The third-order valence-electron chi connectivity index (χ3n) is 2.25. The molecule has 1 aromatic carbocycles. The van der Waals surface area contributed by atoms with Gasteiger partial charge in [0.25, 0.3) is 11.6 Å². The number of hydrogen-bond donors (Lipinski definition) is 1. The fourth-order valence-electron chi connectivity index (χ4n) is 1.27. The quantitative estimate of drug-likeness (QED) is 0.515. The Morgan fingerprint density at radius 2 is 2.16 bits per heavy atom. The lowest BCUT2D eigenvalue weighted by Gasteiger charge is -2.07. The first-order valence-electron chi connectivity index (χ1n) is 5.13. The average molecular weight is 282 g/mol. The molecule has 0 radical (unpaired) electrons. The summed E-state index contributed by atoms with van der Waals surface area (Å²) in [5, 5.41) is 21.4. The van der Waals surface area contributed by atoms with E-state index in [0.29, 0.717) is 0 Å². The number of nitro groups is 1. The summed E-state index contributed by atoms with van der Waals surface area (Å²) in [5.41, 5.74) is -0.870. The summed E-state index contributed by atoms with van der Waals surface area (Å²) >= 11 is 5.80. The molecule has 0 heterocycles. The van der Waals surface area contributed by atoms with Crippen LogP contribution in [0.5, 0.6) is 0 Å². The molecular formula is C11H8ClN3O4. The number of carbonyl (C=O) groups is 2. The van der Waals surface area contributed by atoms with Gasteiger partial charge in [-0.2, -0.15) is 5.26 Å². The van der Waals surface area contributed by atoms with Crippen molar-refractivity contribution in [3.63, 3.8) is 0 Å². The lowest BCUT2D eigenvalue weighted by molar-refractivity contribution is -0.383. The Hall–Kier alpha value is -2.46. The number of nitrogens with one attached hydrogen (secondary N) is 1. The SMILES string of the molecule is CCC(=O)C(=O)Nc1c([N+](=O)[O-])ccc(C#N)c1Cl. The fourth-order valence-corrected chi connectivity index (χ4v) is 1.52. The van der Waals surface area contributed by atoms with Gasteiger partial charge in [-0.15, -0.1) is 0 Å². The van der Waals surface area contributed by atoms with Gasteiger partial charge in [0.1, 0.15) is 11.8 Å². The van der Waals surface area contributed by atoms with Gasteiger partial charge < -0.3 is 5.32 Å². The molecular weight excluding hydrogens is 274 g/mol. The maximum atomic E-state index is 11.4. The fraction of sp³-hybridized carbons (Fsp3) is 0.182. The van der Waals surface area contributed by atoms with Crippen molar-refractivity contribution in [3.8, 4) is 6.07 Å². The van der Waals surface area contributed by atoms with Gasteiger partial charge in [0.15, 0.2) is 0 Å². The molecule has 1 amide bonds. The number of rotatable bonds is 4. The largest absolute Gasteiger partial charge is 0.312 e. The molecule has 1 aromatic rings. The van der Waals surface area contributed by atoms with Crippen LogP contribution in [0.25, 0.3) is 0 Å². The maximum Gasteiger partial charge on any atom is 0.294 e. The van der Waals surface area contributed by atoms with Crippen molar-refractivity contribution in [1.29, 1.82) is 5.26 Å². The summed E-state index contributed by atoms with van der Waals surface area (Å²) in [6.45, 7) is 1.48. The number of halogens is 1. The van der Waals surface area contributed by atoms with E-state index in [4.69, 9.17) is 16.9 Å². The summed E-state index contributed by atoms with van der Waals surface area (Å²) in [7, 11) is 0. The van der Waals surface area contributed by atoms with Crippen molar-refractivity contribution >= 4 is 34.7 Å². The lowest BCUT2D eigenvalue weighted by atomic mass is 10.1. The minimum absolute atomic E-state index is 0.0356. The van der Waals surface area contributed by atoms with Crippen molar-refractivity contribution in [2.24, 2.45) is 0 Å². The van der Waals surface area contributed by atoms with Crippen LogP contribution < -0.4 is 5.32 Å². The van der Waals surface area contributed by atoms with E-state index in [-0.39, 0.29) is 22.7 Å². The van der Waals surface area contributed by atoms with E-state index in [1.807, 2.05) is 0 Å². The third kappa shape index (κ3) is 3.05. The molecule has 0 aromatic heterocycles. The molecule has 0 unspecified atom stereocenters. The molecule has 0 fully saturated rings. The lowest BCUT2D eigenvalue weighted by Crippen LogP contribution is -2.22. The number of nitriles is 1. The first kappa shape index (κ1) is 14.6. The van der Waals surface area contributed by atoms with Crippen LogP contribution in [0.2, 0.25) is 5.02 Å². The van der Waals surface area contributed by atoms with Crippen molar-refractivity contribution in [3.05, 3.63) is 32.8 Å². The molecule has 0 bridgehead atoms. The Labute approximate surface area is 112 Å². The smallest absolute Gasteiger partial charge is 0.294 e. The summed E-state index contributed by atoms with van der Waals surface area (Å²) in [4.78, 5) is 32.7. The third-order valence-corrected chi connectivity index (χ3v) is 2.64. The van der Waals surface area contributed by atoms with Crippen LogP contribution in [0.4, 0.5) is 11.4 Å². The Balaban J connectivity index is 3.31. The molecule has 8 heteroatoms. The minimum Gasteiger partial charge on any atom is -0.312 e. The second kappa shape index (κ2) is 5.93. The topological polar surface area (TPSA) is 113 Å². The molecule has 0 atom stereocenters. The summed E-state index contributed by atoms with van der Waals surface area (Å²) in [6.07, 6.45) is -0.0464. The van der Waals surface area contributed by atoms with E-state index in [2.05, 4.69) is 5.32 Å². The zero-order valence-electron chi connectivity index (χ0n) is 9.77. The number of benzene rings is 1. The molecule has 0 spiro atoms. The van der Waals surface area contributed by atoms with Crippen molar-refractivity contribution in [2.45, 2.75) is 13.3 Å². The van der Waals surface area contributed by atoms with E-state index in [0.717, 1.165) is 12.1 Å². The Kier molecular flexibility index (Phi) is 4.56. The van der Waals surface area contributed by atoms with Crippen molar-refractivity contribution in [1.82, 2.24) is 0 Å². The normalized spacial score (nSPS) is 9.53. The van der Waals surface area contributed by atoms with Gasteiger partial charge in [0.05, 0.1) is 15.5 Å². The minimum atomic E-state index is -1.01. The second-order valence-electron chi connectivity index (χ2n) is 3.42. The van der Waals surface area contributed by atoms with E-state index in [1.165, 1.54) is 6.92 Å². The highest BCUT2D eigenvalue weighted by Crippen LogP contribution is 2.34. The summed E-state index contributed by atoms with van der Waals surface area (Å²) in [6, 6.07) is 3.93. The first-order valence-corrected chi connectivity index (χ1v) is 5.51. The van der Waals surface area contributed by atoms with E-state index in [1.54, 1.807) is 6.07 Å². The molecule has 98 valence electrons. The van der Waals surface area contributed by atoms with Crippen LogP contribution in [0, 0.1) is 21.4 Å². The van der Waals surface area contributed by atoms with Crippen molar-refractivity contribution in [2.75, 3.05) is 5.32 Å². The summed E-state index contributed by atoms with van der Waals surface area (Å²) < 4.78 is 0. The first-order chi connectivity index (χ1) is 8.92. The number of carbonyl (C=O) groups excluding carboxylic acids is 2. The predicted octanol–water partition coefficient (Wildman–Crippen LogP) is 2.04. The zero-order valence-corrected chi connectivity index (χ0v) is 10.5. The Bertz CT molecular complexity index is 607. The summed E-state index contributed by atoms with van der Waals surface area (Å²) in [5.74, 6) is -1.75. The van der Waals surface area contributed by atoms with E-state index in [9.17, 15) is 19.7 Å². The van der Waals surface area contributed by atoms with Crippen molar-refractivity contribution < 1.29 is 14.5 Å². The van der Waals surface area contributed by atoms with Crippen LogP contribution in [0.15, 0.2) is 12.1 Å². The highest BCUT2D eigenvalue weighted by molar-refractivity contribution is 6.42. The molecule has 7 nitrogen and oxygen atoms in total. The van der Waals surface area contributed by atoms with Gasteiger partial charge in [-0.05, 0) is 6.07 Å². The van der Waals surface area contributed by atoms with Gasteiger partial charge >= 0.3 is 0 Å². The number of nitro benzene ring substituents is 1. The van der Waals surface area contributed by atoms with Gasteiger partial charge in [0, 0.05) is 12.5 Å². The van der Waals surface area contributed by atoms with E-state index < -0.39 is 22.3 Å². The molecule has 0 aliphatic carbocycles. The number of anilines is 1. The van der Waals surface area contributed by atoms with Gasteiger partial charge in [-0.25, -0.2) is 0 Å². The number of Topliss-reactive ketones (excluding diaryl/α,β-unsaturated/α-hetero) is 1. The number of hydrogen-bond acceptors (Lipinski definition) is 5. The Morgan fingerprint density at radius 1 is 1.53 bits per heavy atom. The number of ketones is 1. The molecule has 0 aliphatic heterocycles. The number of nitrogens with zero attached hydrogens (tertiary/aromatic N) is 2. The molecule has 1 N–H and O–H groups in total. The highest BCUT2D eigenvalue weighted by atomic mass is 35.5. The van der Waals surface area contributed by atoms with Gasteiger partial charge in [-0.3, -0.25) is 19.7 Å². The maximum absolute atomic E-state index is 11.4. The van der Waals surface area contributed by atoms with Crippen LogP contribution in [0.1, 0.15) is 18.9 Å². The van der Waals surface area contributed by atoms with Crippen LogP contribution in [-0.4, -0.2) is 16.6 Å². The van der Waals surface area contributed by atoms with Crippen LogP contribution in [-0.2, 0) is 9.59 Å². The standard InChI is InChI=1S/C11H8ClN3O4/c1-2-8(16)11(17)14-10-7(15(18)19)4-3-6(5-13)9(10)12/h3-4H,2H2,1H3,(H,14,17). The Morgan fingerprint density at radius 3 is 2.63 bits per heavy atom. The monoisotopic (exact) mass is 281 g/mol. The highest BCUT2D eigenvalue weighted by Gasteiger charge is 2.23. The molecule has 0 aliphatic rings. The van der Waals surface area contributed by atoms with Crippen LogP contribution in [0.3, 0.4) is 0 Å². The average Bonchev–Trinajstić information content (AvgIpc) is 2.39. The molecule has 0 saturated carbocycles. The van der Waals surface area contributed by atoms with Crippen LogP contribution >= 0.6 is 11.6 Å². The second-order valence-corrected chi connectivity index (χ2v) is 3.80.